The van der Waals surface area contributed by atoms with Gasteiger partial charge in [-0.3, -0.25) is 4.79 Å². The monoisotopic (exact) mass is 408 g/mol. The van der Waals surface area contributed by atoms with E-state index in [-0.39, 0.29) is 5.91 Å². The number of nitrogens with zero attached hydrogens (tertiary/aromatic N) is 1. The second kappa shape index (κ2) is 8.78. The van der Waals surface area contributed by atoms with Gasteiger partial charge in [0.1, 0.15) is 0 Å². The minimum absolute atomic E-state index is 0.00118. The SMILES string of the molecule is CCN(CCCNC(=O)c1cccc(I)c1)c1ccccc1. The first-order valence-electron chi connectivity index (χ1n) is 7.54. The smallest absolute Gasteiger partial charge is 0.251 e. The van der Waals surface area contributed by atoms with E-state index in [1.807, 2.05) is 30.3 Å². The van der Waals surface area contributed by atoms with Crippen molar-refractivity contribution in [2.45, 2.75) is 13.3 Å². The molecule has 2 aromatic rings. The molecule has 22 heavy (non-hydrogen) atoms. The minimum Gasteiger partial charge on any atom is -0.372 e. The highest BCUT2D eigenvalue weighted by Crippen LogP contribution is 2.13. The van der Waals surface area contributed by atoms with Crippen LogP contribution in [0.5, 0.6) is 0 Å². The van der Waals surface area contributed by atoms with Gasteiger partial charge in [-0.2, -0.15) is 0 Å². The number of para-hydroxylation sites is 1. The molecule has 0 heterocycles. The molecule has 0 aromatic heterocycles. The molecule has 4 heteroatoms. The second-order valence-electron chi connectivity index (χ2n) is 5.04. The van der Waals surface area contributed by atoms with Crippen molar-refractivity contribution < 1.29 is 4.79 Å². The molecule has 0 atom stereocenters. The highest BCUT2D eigenvalue weighted by Gasteiger charge is 2.06. The van der Waals surface area contributed by atoms with Crippen LogP contribution >= 0.6 is 22.6 Å². The number of carbonyl (C=O) groups excluding carboxylic acids is 1. The zero-order valence-corrected chi connectivity index (χ0v) is 14.9. The Labute approximate surface area is 145 Å². The molecule has 0 aliphatic carbocycles. The van der Waals surface area contributed by atoms with Crippen molar-refractivity contribution in [3.8, 4) is 0 Å². The molecule has 0 spiro atoms. The number of halogens is 1. The largest absolute Gasteiger partial charge is 0.372 e. The molecule has 0 unspecified atom stereocenters. The van der Waals surface area contributed by atoms with Crippen molar-refractivity contribution in [3.63, 3.8) is 0 Å². The van der Waals surface area contributed by atoms with E-state index in [1.54, 1.807) is 0 Å². The molecular weight excluding hydrogens is 387 g/mol. The van der Waals surface area contributed by atoms with Crippen LogP contribution in [0.15, 0.2) is 54.6 Å². The molecule has 0 aliphatic rings. The van der Waals surface area contributed by atoms with Crippen molar-refractivity contribution in [3.05, 3.63) is 63.7 Å². The topological polar surface area (TPSA) is 32.3 Å². The zero-order valence-electron chi connectivity index (χ0n) is 12.8. The normalized spacial score (nSPS) is 10.3. The van der Waals surface area contributed by atoms with Crippen LogP contribution in [0.2, 0.25) is 0 Å². The molecule has 0 bridgehead atoms. The summed E-state index contributed by atoms with van der Waals surface area (Å²) in [6.45, 7) is 4.74. The third kappa shape index (κ3) is 5.02. The van der Waals surface area contributed by atoms with Crippen LogP contribution in [0.3, 0.4) is 0 Å². The summed E-state index contributed by atoms with van der Waals surface area (Å²) < 4.78 is 1.08. The Kier molecular flexibility index (Phi) is 6.71. The van der Waals surface area contributed by atoms with Crippen LogP contribution in [-0.4, -0.2) is 25.5 Å². The number of carbonyl (C=O) groups is 1. The number of nitrogens with one attached hydrogen (secondary N) is 1. The number of hydrogen-bond acceptors (Lipinski definition) is 2. The molecule has 2 rings (SSSR count). The van der Waals surface area contributed by atoms with Gasteiger partial charge >= 0.3 is 0 Å². The van der Waals surface area contributed by atoms with Gasteiger partial charge in [0.25, 0.3) is 5.91 Å². The Bertz CT molecular complexity index is 601. The second-order valence-corrected chi connectivity index (χ2v) is 6.28. The van der Waals surface area contributed by atoms with Crippen LogP contribution in [-0.2, 0) is 0 Å². The first kappa shape index (κ1) is 16.8. The third-order valence-corrected chi connectivity index (χ3v) is 4.15. The zero-order chi connectivity index (χ0) is 15.8. The number of anilines is 1. The Hall–Kier alpha value is -1.56. The Morgan fingerprint density at radius 3 is 2.59 bits per heavy atom. The van der Waals surface area contributed by atoms with Crippen LogP contribution in [0.4, 0.5) is 5.69 Å². The van der Waals surface area contributed by atoms with Crippen LogP contribution in [0.1, 0.15) is 23.7 Å². The van der Waals surface area contributed by atoms with E-state index < -0.39 is 0 Å². The van der Waals surface area contributed by atoms with Gasteiger partial charge in [0.05, 0.1) is 0 Å². The fraction of sp³-hybridized carbons (Fsp3) is 0.278. The van der Waals surface area contributed by atoms with E-state index >= 15 is 0 Å². The average Bonchev–Trinajstić information content (AvgIpc) is 2.55. The van der Waals surface area contributed by atoms with Gasteiger partial charge in [0, 0.05) is 34.5 Å². The van der Waals surface area contributed by atoms with Gasteiger partial charge < -0.3 is 10.2 Å². The molecule has 0 saturated carbocycles. The highest BCUT2D eigenvalue weighted by atomic mass is 127. The van der Waals surface area contributed by atoms with Crippen molar-refractivity contribution >= 4 is 34.2 Å². The van der Waals surface area contributed by atoms with Gasteiger partial charge in [0.2, 0.25) is 0 Å². The van der Waals surface area contributed by atoms with Gasteiger partial charge in [-0.05, 0) is 66.3 Å². The van der Waals surface area contributed by atoms with Gasteiger partial charge in [-0.1, -0.05) is 24.3 Å². The van der Waals surface area contributed by atoms with E-state index in [2.05, 4.69) is 64.0 Å². The van der Waals surface area contributed by atoms with Gasteiger partial charge in [-0.25, -0.2) is 0 Å². The van der Waals surface area contributed by atoms with E-state index in [0.717, 1.165) is 28.6 Å². The van der Waals surface area contributed by atoms with E-state index in [1.165, 1.54) is 5.69 Å². The first-order valence-corrected chi connectivity index (χ1v) is 8.62. The molecule has 0 saturated heterocycles. The number of hydrogen-bond donors (Lipinski definition) is 1. The molecule has 1 amide bonds. The maximum Gasteiger partial charge on any atom is 0.251 e. The molecule has 2 aromatic carbocycles. The van der Waals surface area contributed by atoms with Crippen LogP contribution in [0.25, 0.3) is 0 Å². The molecule has 0 radical (unpaired) electrons. The Balaban J connectivity index is 1.78. The van der Waals surface area contributed by atoms with Gasteiger partial charge in [-0.15, -0.1) is 0 Å². The summed E-state index contributed by atoms with van der Waals surface area (Å²) >= 11 is 2.22. The lowest BCUT2D eigenvalue weighted by Gasteiger charge is -2.23. The number of benzene rings is 2. The van der Waals surface area contributed by atoms with Crippen LogP contribution in [0, 0.1) is 3.57 Å². The maximum atomic E-state index is 12.1. The van der Waals surface area contributed by atoms with Crippen molar-refractivity contribution in [2.75, 3.05) is 24.5 Å². The quantitative estimate of drug-likeness (QED) is 0.556. The summed E-state index contributed by atoms with van der Waals surface area (Å²) in [7, 11) is 0. The molecule has 0 aliphatic heterocycles. The predicted molar refractivity (Wildman–Crippen MR) is 100 cm³/mol. The summed E-state index contributed by atoms with van der Waals surface area (Å²) in [5.74, 6) is 0.00118. The van der Waals surface area contributed by atoms with E-state index in [9.17, 15) is 4.79 Å². The van der Waals surface area contributed by atoms with E-state index in [4.69, 9.17) is 0 Å². The first-order chi connectivity index (χ1) is 10.7. The number of amides is 1. The molecule has 1 N–H and O–H groups in total. The van der Waals surface area contributed by atoms with Crippen LogP contribution < -0.4 is 10.2 Å². The van der Waals surface area contributed by atoms with Crippen molar-refractivity contribution in [1.82, 2.24) is 5.32 Å². The average molecular weight is 408 g/mol. The highest BCUT2D eigenvalue weighted by molar-refractivity contribution is 14.1. The third-order valence-electron chi connectivity index (χ3n) is 3.48. The Morgan fingerprint density at radius 2 is 1.91 bits per heavy atom. The summed E-state index contributed by atoms with van der Waals surface area (Å²) in [5.41, 5.74) is 1.95. The summed E-state index contributed by atoms with van der Waals surface area (Å²) in [5, 5.41) is 2.99. The summed E-state index contributed by atoms with van der Waals surface area (Å²) in [4.78, 5) is 14.4. The Morgan fingerprint density at radius 1 is 1.14 bits per heavy atom. The van der Waals surface area contributed by atoms with Gasteiger partial charge in [0.15, 0.2) is 0 Å². The fourth-order valence-corrected chi connectivity index (χ4v) is 2.86. The van der Waals surface area contributed by atoms with Crippen molar-refractivity contribution in [1.29, 1.82) is 0 Å². The van der Waals surface area contributed by atoms with E-state index in [0.29, 0.717) is 6.54 Å². The lowest BCUT2D eigenvalue weighted by Crippen LogP contribution is -2.30. The molecule has 3 nitrogen and oxygen atoms in total. The molecular formula is C18H21IN2O. The summed E-state index contributed by atoms with van der Waals surface area (Å²) in [6.07, 6.45) is 0.929. The lowest BCUT2D eigenvalue weighted by atomic mass is 10.2. The lowest BCUT2D eigenvalue weighted by molar-refractivity contribution is 0.0953. The minimum atomic E-state index is 0.00118. The molecule has 0 fully saturated rings. The standard InChI is InChI=1S/C18H21IN2O/c1-2-21(17-10-4-3-5-11-17)13-7-12-20-18(22)15-8-6-9-16(19)14-15/h3-6,8-11,14H,2,7,12-13H2,1H3,(H,20,22). The van der Waals surface area contributed by atoms with Crippen molar-refractivity contribution in [2.24, 2.45) is 0 Å². The predicted octanol–water partition coefficient (Wildman–Crippen LogP) is 3.94. The molecule has 116 valence electrons. The maximum absolute atomic E-state index is 12.1. The fourth-order valence-electron chi connectivity index (χ4n) is 2.31. The number of rotatable bonds is 7. The summed E-state index contributed by atoms with van der Waals surface area (Å²) in [6, 6.07) is 18.0.